The van der Waals surface area contributed by atoms with Gasteiger partial charge in [0.2, 0.25) is 5.91 Å². The van der Waals surface area contributed by atoms with E-state index in [0.717, 1.165) is 62.0 Å². The number of carbonyl (C=O) groups is 1. The van der Waals surface area contributed by atoms with Crippen LogP contribution in [0.2, 0.25) is 0 Å². The van der Waals surface area contributed by atoms with Crippen LogP contribution in [0, 0.1) is 12.8 Å². The van der Waals surface area contributed by atoms with Gasteiger partial charge in [0.15, 0.2) is 0 Å². The number of aromatic nitrogens is 2. The maximum Gasteiger partial charge on any atom is 0.222 e. The predicted molar refractivity (Wildman–Crippen MR) is 133 cm³/mol. The Balaban J connectivity index is 1.23. The summed E-state index contributed by atoms with van der Waals surface area (Å²) in [5.74, 6) is 0.811. The molecule has 6 nitrogen and oxygen atoms in total. The quantitative estimate of drug-likeness (QED) is 0.396. The van der Waals surface area contributed by atoms with Crippen molar-refractivity contribution in [2.24, 2.45) is 11.0 Å². The number of nitrogens with one attached hydrogen (secondary N) is 2. The number of hydrogen-bond donors (Lipinski definition) is 2. The van der Waals surface area contributed by atoms with Gasteiger partial charge in [0, 0.05) is 37.8 Å². The molecule has 3 aromatic rings. The Morgan fingerprint density at radius 1 is 1.18 bits per heavy atom. The molecule has 1 aromatic heterocycles. The van der Waals surface area contributed by atoms with Gasteiger partial charge in [-0.25, -0.2) is 0 Å². The van der Waals surface area contributed by atoms with Crippen LogP contribution < -0.4 is 5.43 Å². The van der Waals surface area contributed by atoms with Crippen molar-refractivity contribution < 1.29 is 4.79 Å². The molecule has 1 atom stereocenters. The Kier molecular flexibility index (Phi) is 7.90. The number of aryl methyl sites for hydroxylation is 2. The molecule has 0 saturated carbocycles. The number of benzene rings is 2. The summed E-state index contributed by atoms with van der Waals surface area (Å²) in [6.45, 7) is 4.64. The summed E-state index contributed by atoms with van der Waals surface area (Å²) in [4.78, 5) is 14.7. The zero-order chi connectivity index (χ0) is 22.9. The first-order chi connectivity index (χ1) is 16.2. The van der Waals surface area contributed by atoms with Crippen LogP contribution in [0.4, 0.5) is 0 Å². The molecule has 1 aliphatic rings. The number of aromatic amines is 1. The molecule has 0 bridgehead atoms. The van der Waals surface area contributed by atoms with E-state index in [1.54, 1.807) is 0 Å². The third-order valence-electron chi connectivity index (χ3n) is 6.46. The van der Waals surface area contributed by atoms with Crippen LogP contribution in [0.1, 0.15) is 42.4 Å². The number of nitrogens with zero attached hydrogens (tertiary/aromatic N) is 3. The largest absolute Gasteiger partial charge is 0.343 e. The Bertz CT molecular complexity index is 1050. The lowest BCUT2D eigenvalue weighted by Crippen LogP contribution is -2.32. The zero-order valence-electron chi connectivity index (χ0n) is 19.3. The highest BCUT2D eigenvalue weighted by molar-refractivity contribution is 5.84. The van der Waals surface area contributed by atoms with Crippen LogP contribution in [0.3, 0.4) is 0 Å². The van der Waals surface area contributed by atoms with E-state index >= 15 is 0 Å². The Labute approximate surface area is 196 Å². The van der Waals surface area contributed by atoms with Gasteiger partial charge < -0.3 is 10.3 Å². The van der Waals surface area contributed by atoms with E-state index in [4.69, 9.17) is 0 Å². The fraction of sp³-hybridized carbons (Fsp3) is 0.370. The molecule has 2 aromatic carbocycles. The number of carbonyl (C=O) groups excluding carboxylic acids is 1. The van der Waals surface area contributed by atoms with Crippen molar-refractivity contribution in [2.75, 3.05) is 19.6 Å². The van der Waals surface area contributed by atoms with Crippen LogP contribution in [-0.2, 0) is 11.2 Å². The van der Waals surface area contributed by atoms with Crippen molar-refractivity contribution in [3.05, 3.63) is 77.6 Å². The summed E-state index contributed by atoms with van der Waals surface area (Å²) in [5.41, 5.74) is 8.95. The summed E-state index contributed by atoms with van der Waals surface area (Å²) in [7, 11) is 0. The first-order valence-corrected chi connectivity index (χ1v) is 11.9. The van der Waals surface area contributed by atoms with Crippen molar-refractivity contribution in [2.45, 2.75) is 39.0 Å². The number of H-pyrrole nitrogens is 1. The fourth-order valence-corrected chi connectivity index (χ4v) is 4.34. The van der Waals surface area contributed by atoms with E-state index in [1.165, 1.54) is 11.1 Å². The fourth-order valence-electron chi connectivity index (χ4n) is 4.34. The van der Waals surface area contributed by atoms with Crippen LogP contribution >= 0.6 is 0 Å². The zero-order valence-corrected chi connectivity index (χ0v) is 19.3. The first kappa shape index (κ1) is 22.8. The molecule has 1 fully saturated rings. The van der Waals surface area contributed by atoms with E-state index in [-0.39, 0.29) is 5.91 Å². The number of amides is 1. The van der Waals surface area contributed by atoms with Crippen molar-refractivity contribution in [3.63, 3.8) is 0 Å². The predicted octanol–water partition coefficient (Wildman–Crippen LogP) is 4.57. The molecular formula is C27H33N5O. The van der Waals surface area contributed by atoms with Gasteiger partial charge in [0.25, 0.3) is 0 Å². The lowest BCUT2D eigenvalue weighted by Gasteiger charge is -2.20. The van der Waals surface area contributed by atoms with Crippen molar-refractivity contribution in [1.29, 1.82) is 0 Å². The van der Waals surface area contributed by atoms with Crippen molar-refractivity contribution >= 4 is 12.1 Å². The summed E-state index contributed by atoms with van der Waals surface area (Å²) in [6, 6.07) is 16.6. The first-order valence-electron chi connectivity index (χ1n) is 11.9. The number of rotatable bonds is 8. The van der Waals surface area contributed by atoms with E-state index in [9.17, 15) is 4.79 Å². The Hall–Kier alpha value is -3.41. The minimum atomic E-state index is 0.276. The van der Waals surface area contributed by atoms with Gasteiger partial charge in [0.05, 0.1) is 12.4 Å². The average molecular weight is 444 g/mol. The molecule has 6 heteroatoms. The molecule has 0 spiro atoms. The van der Waals surface area contributed by atoms with E-state index < -0.39 is 0 Å². The Morgan fingerprint density at radius 2 is 2.06 bits per heavy atom. The average Bonchev–Trinajstić information content (AvgIpc) is 3.28. The molecule has 33 heavy (non-hydrogen) atoms. The monoisotopic (exact) mass is 443 g/mol. The topological polar surface area (TPSA) is 73.4 Å². The molecule has 2 heterocycles. The molecule has 172 valence electrons. The highest BCUT2D eigenvalue weighted by atomic mass is 16.2. The molecule has 1 unspecified atom stereocenters. The minimum absolute atomic E-state index is 0.276. The summed E-state index contributed by atoms with van der Waals surface area (Å²) < 4.78 is 0. The highest BCUT2D eigenvalue weighted by Gasteiger charge is 2.20. The van der Waals surface area contributed by atoms with Crippen LogP contribution in [0.5, 0.6) is 0 Å². The standard InChI is InChI=1S/C27H33N5O/c1-21-9-11-24(26-19-30-31-20-26)16-25(21)18-29-28-17-23-8-5-14-32(15-13-23)27(33)12-10-22-6-3-2-4-7-22/h2-4,6-7,9,11,16,18-20,23,28H,5,8,10,12-15,17H2,1H3,(H,30,31)/b29-18-. The number of likely N-dealkylation sites (tertiary alicyclic amines) is 1. The van der Waals surface area contributed by atoms with Crippen molar-refractivity contribution in [1.82, 2.24) is 20.5 Å². The normalized spacial score (nSPS) is 16.6. The SMILES string of the molecule is Cc1ccc(-c2cn[nH]c2)cc1/C=N\NCC1CCCN(C(=O)CCc2ccccc2)CC1. The maximum atomic E-state index is 12.7. The second-order valence-corrected chi connectivity index (χ2v) is 8.84. The van der Waals surface area contributed by atoms with Gasteiger partial charge in [-0.05, 0) is 66.8 Å². The molecule has 4 rings (SSSR count). The Morgan fingerprint density at radius 3 is 2.88 bits per heavy atom. The second kappa shape index (κ2) is 11.5. The summed E-state index contributed by atoms with van der Waals surface area (Å²) >= 11 is 0. The van der Waals surface area contributed by atoms with E-state index in [2.05, 4.69) is 62.9 Å². The molecule has 1 aliphatic heterocycles. The third kappa shape index (κ3) is 6.54. The molecule has 1 amide bonds. The van der Waals surface area contributed by atoms with E-state index in [1.807, 2.05) is 36.8 Å². The molecule has 1 saturated heterocycles. The number of hydrogen-bond acceptors (Lipinski definition) is 4. The summed E-state index contributed by atoms with van der Waals surface area (Å²) in [6.07, 6.45) is 10.2. The number of hydrazone groups is 1. The second-order valence-electron chi connectivity index (χ2n) is 8.84. The molecule has 0 radical (unpaired) electrons. The van der Waals surface area contributed by atoms with Crippen LogP contribution in [-0.4, -0.2) is 46.9 Å². The van der Waals surface area contributed by atoms with Gasteiger partial charge in [0.1, 0.15) is 0 Å². The third-order valence-corrected chi connectivity index (χ3v) is 6.46. The van der Waals surface area contributed by atoms with Crippen LogP contribution in [0.25, 0.3) is 11.1 Å². The molecular weight excluding hydrogens is 410 g/mol. The van der Waals surface area contributed by atoms with Gasteiger partial charge in [-0.2, -0.15) is 10.2 Å². The van der Waals surface area contributed by atoms with Crippen molar-refractivity contribution in [3.8, 4) is 11.1 Å². The smallest absolute Gasteiger partial charge is 0.222 e. The van der Waals surface area contributed by atoms with Gasteiger partial charge >= 0.3 is 0 Å². The van der Waals surface area contributed by atoms with Gasteiger partial charge in [-0.3, -0.25) is 9.89 Å². The van der Waals surface area contributed by atoms with Gasteiger partial charge in [-0.1, -0.05) is 42.5 Å². The summed E-state index contributed by atoms with van der Waals surface area (Å²) in [5, 5.41) is 11.4. The minimum Gasteiger partial charge on any atom is -0.343 e. The lowest BCUT2D eigenvalue weighted by molar-refractivity contribution is -0.131. The molecule has 0 aliphatic carbocycles. The molecule has 2 N–H and O–H groups in total. The van der Waals surface area contributed by atoms with Gasteiger partial charge in [-0.15, -0.1) is 0 Å². The lowest BCUT2D eigenvalue weighted by atomic mass is 10.0. The maximum absolute atomic E-state index is 12.7. The highest BCUT2D eigenvalue weighted by Crippen LogP contribution is 2.21. The van der Waals surface area contributed by atoms with Crippen LogP contribution in [0.15, 0.2) is 66.0 Å². The van der Waals surface area contributed by atoms with E-state index in [0.29, 0.717) is 12.3 Å².